The summed E-state index contributed by atoms with van der Waals surface area (Å²) in [6.07, 6.45) is 3.85. The molecule has 0 amide bonds. The molecule has 1 heterocycles. The van der Waals surface area contributed by atoms with Gasteiger partial charge in [0.15, 0.2) is 17.3 Å². The topological polar surface area (TPSA) is 112 Å². The molecule has 0 bridgehead atoms. The number of carbonyl (C=O) groups is 1. The van der Waals surface area contributed by atoms with Gasteiger partial charge in [-0.05, 0) is 104 Å². The van der Waals surface area contributed by atoms with Crippen LogP contribution in [0, 0.1) is 6.92 Å². The normalized spacial score (nSPS) is 11.3. The molecule has 0 aliphatic carbocycles. The highest BCUT2D eigenvalue weighted by Gasteiger charge is 2.19. The van der Waals surface area contributed by atoms with Gasteiger partial charge in [-0.25, -0.2) is 9.78 Å². The van der Waals surface area contributed by atoms with E-state index in [1.54, 1.807) is 36.6 Å². The Morgan fingerprint density at radius 2 is 1.73 bits per heavy atom. The number of aryl methyl sites for hydroxylation is 1. The quantitative estimate of drug-likeness (QED) is 0.0945. The molecule has 9 heteroatoms. The number of aromatic nitrogens is 2. The monoisotopic (exact) mass is 659 g/mol. The van der Waals surface area contributed by atoms with Crippen LogP contribution in [0.3, 0.4) is 0 Å². The summed E-state index contributed by atoms with van der Waals surface area (Å²) in [4.78, 5) is 30.4. The third-order valence-corrected chi connectivity index (χ3v) is 7.97. The van der Waals surface area contributed by atoms with Gasteiger partial charge in [-0.1, -0.05) is 44.2 Å². The number of para-hydroxylation sites is 1. The smallest absolute Gasteiger partial charge is 0.335 e. The number of aromatic carboxylic acids is 1. The second-order valence-electron chi connectivity index (χ2n) is 11.8. The molecule has 252 valence electrons. The van der Waals surface area contributed by atoms with Crippen molar-refractivity contribution < 1.29 is 24.1 Å². The van der Waals surface area contributed by atoms with Crippen LogP contribution in [0.1, 0.15) is 71.8 Å². The summed E-state index contributed by atoms with van der Waals surface area (Å²) in [7, 11) is 0. The van der Waals surface area contributed by atoms with Crippen molar-refractivity contribution in [2.45, 2.75) is 53.6 Å². The molecule has 0 spiro atoms. The van der Waals surface area contributed by atoms with Crippen molar-refractivity contribution in [2.24, 2.45) is 5.10 Å². The third kappa shape index (κ3) is 7.73. The number of benzene rings is 4. The number of rotatable bonds is 14. The van der Waals surface area contributed by atoms with Crippen molar-refractivity contribution in [3.8, 4) is 28.6 Å². The number of ether oxygens (including phenoxy) is 3. The number of hydrogen-bond acceptors (Lipinski definition) is 7. The Bertz CT molecular complexity index is 2100. The van der Waals surface area contributed by atoms with Gasteiger partial charge in [-0.15, -0.1) is 6.58 Å². The maximum absolute atomic E-state index is 14.0. The summed E-state index contributed by atoms with van der Waals surface area (Å²) in [6.45, 7) is 15.0. The van der Waals surface area contributed by atoms with Crippen LogP contribution < -0.4 is 19.8 Å². The van der Waals surface area contributed by atoms with Gasteiger partial charge in [0.1, 0.15) is 12.4 Å². The molecule has 0 radical (unpaired) electrons. The fraction of sp³-hybridized carbons (Fsp3) is 0.250. The first-order chi connectivity index (χ1) is 23.6. The molecule has 0 unspecified atom stereocenters. The average Bonchev–Trinajstić information content (AvgIpc) is 3.08. The van der Waals surface area contributed by atoms with E-state index in [-0.39, 0.29) is 23.6 Å². The molecule has 0 saturated heterocycles. The van der Waals surface area contributed by atoms with Gasteiger partial charge < -0.3 is 19.3 Å². The predicted molar refractivity (Wildman–Crippen MR) is 194 cm³/mol. The molecule has 1 N–H and O–H groups in total. The lowest BCUT2D eigenvalue weighted by atomic mass is 9.96. The van der Waals surface area contributed by atoms with Crippen LogP contribution in [-0.4, -0.2) is 40.2 Å². The number of allylic oxidation sites excluding steroid dienone is 1. The molecule has 0 atom stereocenters. The van der Waals surface area contributed by atoms with Gasteiger partial charge >= 0.3 is 5.97 Å². The lowest BCUT2D eigenvalue weighted by molar-refractivity contribution is 0.0696. The zero-order chi connectivity index (χ0) is 35.1. The molecule has 5 rings (SSSR count). The van der Waals surface area contributed by atoms with E-state index in [0.717, 1.165) is 28.0 Å². The van der Waals surface area contributed by atoms with Crippen molar-refractivity contribution in [1.29, 1.82) is 0 Å². The maximum Gasteiger partial charge on any atom is 0.335 e. The number of fused-ring (bicyclic) bond motifs is 1. The number of carboxylic acid groups (broad SMARTS) is 1. The van der Waals surface area contributed by atoms with Crippen LogP contribution >= 0.6 is 0 Å². The molecular formula is C40H41N3O6. The summed E-state index contributed by atoms with van der Waals surface area (Å²) < 4.78 is 19.6. The minimum Gasteiger partial charge on any atom is -0.494 e. The van der Waals surface area contributed by atoms with Crippen LogP contribution in [0.5, 0.6) is 17.2 Å². The molecule has 0 aliphatic heterocycles. The van der Waals surface area contributed by atoms with Crippen molar-refractivity contribution in [3.05, 3.63) is 129 Å². The van der Waals surface area contributed by atoms with Gasteiger partial charge in [0.05, 0.1) is 35.9 Å². The highest BCUT2D eigenvalue weighted by atomic mass is 16.5. The van der Waals surface area contributed by atoms with E-state index in [1.165, 1.54) is 10.7 Å². The maximum atomic E-state index is 14.0. The molecule has 0 aliphatic rings. The lowest BCUT2D eigenvalue weighted by Gasteiger charge is -2.18. The molecule has 1 aromatic heterocycles. The summed E-state index contributed by atoms with van der Waals surface area (Å²) in [5.74, 6) is 1.41. The first-order valence-electron chi connectivity index (χ1n) is 16.3. The Kier molecular flexibility index (Phi) is 10.9. The summed E-state index contributed by atoms with van der Waals surface area (Å²) in [5.41, 5.74) is 5.35. The molecule has 4 aromatic carbocycles. The van der Waals surface area contributed by atoms with Crippen molar-refractivity contribution in [2.75, 3.05) is 13.2 Å². The number of hydrogen-bond donors (Lipinski definition) is 1. The lowest BCUT2D eigenvalue weighted by Crippen LogP contribution is -2.21. The fourth-order valence-corrected chi connectivity index (χ4v) is 5.64. The van der Waals surface area contributed by atoms with E-state index >= 15 is 0 Å². The number of nitrogens with zero attached hydrogens (tertiary/aromatic N) is 3. The van der Waals surface area contributed by atoms with Crippen LogP contribution in [0.2, 0.25) is 0 Å². The Balaban J connectivity index is 1.62. The third-order valence-electron chi connectivity index (χ3n) is 7.97. The second kappa shape index (κ2) is 15.5. The fourth-order valence-electron chi connectivity index (χ4n) is 5.64. The Labute approximate surface area is 286 Å². The van der Waals surface area contributed by atoms with Crippen LogP contribution in [0.4, 0.5) is 0 Å². The molecular weight excluding hydrogens is 618 g/mol. The molecule has 5 aromatic rings. The summed E-state index contributed by atoms with van der Waals surface area (Å²) >= 11 is 0. The summed E-state index contributed by atoms with van der Waals surface area (Å²) in [5, 5.41) is 14.6. The Hall–Kier alpha value is -5.70. The van der Waals surface area contributed by atoms with Gasteiger partial charge in [-0.3, -0.25) is 4.79 Å². The summed E-state index contributed by atoms with van der Waals surface area (Å²) in [6, 6.07) is 21.6. The molecule has 0 fully saturated rings. The van der Waals surface area contributed by atoms with Crippen LogP contribution in [0.25, 0.3) is 22.3 Å². The van der Waals surface area contributed by atoms with Crippen LogP contribution in [-0.2, 0) is 13.0 Å². The van der Waals surface area contributed by atoms with E-state index in [0.29, 0.717) is 59.0 Å². The number of carboxylic acids is 1. The van der Waals surface area contributed by atoms with Crippen molar-refractivity contribution in [1.82, 2.24) is 9.66 Å². The van der Waals surface area contributed by atoms with Crippen LogP contribution in [0.15, 0.2) is 95.3 Å². The Morgan fingerprint density at radius 1 is 0.980 bits per heavy atom. The van der Waals surface area contributed by atoms with Gasteiger partial charge in [0.25, 0.3) is 5.56 Å². The minimum atomic E-state index is -1.00. The van der Waals surface area contributed by atoms with Gasteiger partial charge in [0.2, 0.25) is 0 Å². The largest absolute Gasteiger partial charge is 0.494 e. The highest BCUT2D eigenvalue weighted by molar-refractivity contribution is 5.87. The van der Waals surface area contributed by atoms with E-state index < -0.39 is 5.97 Å². The highest BCUT2D eigenvalue weighted by Crippen LogP contribution is 2.36. The van der Waals surface area contributed by atoms with Gasteiger partial charge in [0, 0.05) is 11.1 Å². The molecule has 49 heavy (non-hydrogen) atoms. The SMILES string of the molecule is C=CCc1cc(C=Nn2c(-c3cc(C(C)C)c(OCC)cc3C)nc3ccccc3c2=O)cc(OCC)c1OCc1cccc(C(=O)O)c1. The standard InChI is InChI=1S/C40H41N3O6/c1-7-13-29-20-28(21-36(48-9-3)37(29)49-24-27-14-12-15-30(19-27)40(45)46)23-41-43-38(42-34-17-11-10-16-31(34)39(43)44)33-22-32(25(4)5)35(47-8-2)18-26(33)6/h7,10-12,14-23,25H,1,8-9,13,24H2,2-6H3,(H,45,46). The van der Waals surface area contributed by atoms with E-state index in [2.05, 4.69) is 20.4 Å². The van der Waals surface area contributed by atoms with E-state index in [4.69, 9.17) is 24.3 Å². The van der Waals surface area contributed by atoms with E-state index in [9.17, 15) is 14.7 Å². The predicted octanol–water partition coefficient (Wildman–Crippen LogP) is 8.18. The zero-order valence-electron chi connectivity index (χ0n) is 28.5. The zero-order valence-corrected chi connectivity index (χ0v) is 28.5. The van der Waals surface area contributed by atoms with Crippen molar-refractivity contribution >= 4 is 23.1 Å². The molecule has 9 nitrogen and oxygen atoms in total. The second-order valence-corrected chi connectivity index (χ2v) is 11.8. The van der Waals surface area contributed by atoms with Gasteiger partial charge in [-0.2, -0.15) is 9.78 Å². The first-order valence-corrected chi connectivity index (χ1v) is 16.3. The van der Waals surface area contributed by atoms with E-state index in [1.807, 2.05) is 63.2 Å². The molecule has 0 saturated carbocycles. The average molecular weight is 660 g/mol. The van der Waals surface area contributed by atoms with Crippen molar-refractivity contribution in [3.63, 3.8) is 0 Å². The Morgan fingerprint density at radius 3 is 2.45 bits per heavy atom. The first kappa shape index (κ1) is 34.6. The minimum absolute atomic E-state index is 0.139.